The highest BCUT2D eigenvalue weighted by atomic mass is 16.5. The van der Waals surface area contributed by atoms with Crippen LogP contribution in [0, 0.1) is 6.92 Å². The Bertz CT molecular complexity index is 548. The quantitative estimate of drug-likeness (QED) is 0.158. The molecule has 0 heterocycles. The Morgan fingerprint density at radius 3 is 1.92 bits per heavy atom. The van der Waals surface area contributed by atoms with Gasteiger partial charge in [0.05, 0.1) is 5.56 Å². The molecule has 0 bridgehead atoms. The second-order valence-corrected chi connectivity index (χ2v) is 7.30. The van der Waals surface area contributed by atoms with E-state index in [1.807, 2.05) is 19.1 Å². The van der Waals surface area contributed by atoms with Crippen molar-refractivity contribution in [1.29, 1.82) is 0 Å². The van der Waals surface area contributed by atoms with Gasteiger partial charge in [-0.1, -0.05) is 82.8 Å². The summed E-state index contributed by atoms with van der Waals surface area (Å²) in [7, 11) is 0. The number of carbonyl (C=O) groups excluding carboxylic acids is 2. The van der Waals surface area contributed by atoms with Crippen molar-refractivity contribution < 1.29 is 14.3 Å². The smallest absolute Gasteiger partial charge is 0.308 e. The van der Waals surface area contributed by atoms with Gasteiger partial charge in [0.15, 0.2) is 5.78 Å². The van der Waals surface area contributed by atoms with Crippen LogP contribution in [0.15, 0.2) is 18.2 Å². The molecule has 0 saturated carbocycles. The van der Waals surface area contributed by atoms with Crippen molar-refractivity contribution in [2.24, 2.45) is 0 Å². The monoisotopic (exact) mass is 360 g/mol. The van der Waals surface area contributed by atoms with E-state index in [1.54, 1.807) is 6.07 Å². The molecule has 0 atom stereocenters. The molecule has 0 saturated heterocycles. The molecule has 0 spiro atoms. The van der Waals surface area contributed by atoms with Crippen molar-refractivity contribution in [3.8, 4) is 5.75 Å². The van der Waals surface area contributed by atoms with Gasteiger partial charge in [0.1, 0.15) is 5.75 Å². The number of unbranched alkanes of at least 4 members (excludes halogenated alkanes) is 10. The van der Waals surface area contributed by atoms with Crippen LogP contribution in [0.2, 0.25) is 0 Å². The zero-order valence-electron chi connectivity index (χ0n) is 16.9. The van der Waals surface area contributed by atoms with Crippen molar-refractivity contribution in [1.82, 2.24) is 0 Å². The van der Waals surface area contributed by atoms with Crippen molar-refractivity contribution in [2.75, 3.05) is 0 Å². The van der Waals surface area contributed by atoms with Crippen LogP contribution in [0.25, 0.3) is 0 Å². The number of rotatable bonds is 14. The summed E-state index contributed by atoms with van der Waals surface area (Å²) in [6.45, 7) is 5.55. The number of carbonyl (C=O) groups is 2. The summed E-state index contributed by atoms with van der Waals surface area (Å²) in [5, 5.41) is 0. The van der Waals surface area contributed by atoms with Crippen LogP contribution >= 0.6 is 0 Å². The van der Waals surface area contributed by atoms with Crippen LogP contribution in [-0.2, 0) is 4.79 Å². The lowest BCUT2D eigenvalue weighted by atomic mass is 10.0. The van der Waals surface area contributed by atoms with Crippen molar-refractivity contribution in [3.05, 3.63) is 29.3 Å². The van der Waals surface area contributed by atoms with Gasteiger partial charge in [-0.15, -0.1) is 0 Å². The molecule has 1 aromatic rings. The minimum absolute atomic E-state index is 0.0703. The molecular weight excluding hydrogens is 324 g/mol. The molecule has 0 aliphatic rings. The van der Waals surface area contributed by atoms with Gasteiger partial charge in [-0.3, -0.25) is 9.59 Å². The second kappa shape index (κ2) is 13.5. The summed E-state index contributed by atoms with van der Waals surface area (Å²) in [4.78, 5) is 23.7. The molecule has 3 nitrogen and oxygen atoms in total. The molecule has 26 heavy (non-hydrogen) atoms. The maximum absolute atomic E-state index is 12.5. The summed E-state index contributed by atoms with van der Waals surface area (Å²) >= 11 is 0. The Morgan fingerprint density at radius 2 is 1.38 bits per heavy atom. The Labute approximate surface area is 159 Å². The fourth-order valence-corrected chi connectivity index (χ4v) is 3.19. The van der Waals surface area contributed by atoms with Gasteiger partial charge < -0.3 is 4.74 Å². The lowest BCUT2D eigenvalue weighted by Gasteiger charge is -2.09. The number of benzene rings is 1. The summed E-state index contributed by atoms with van der Waals surface area (Å²) in [6.07, 6.45) is 14.5. The van der Waals surface area contributed by atoms with Crippen LogP contribution in [-0.4, -0.2) is 11.8 Å². The number of ether oxygens (including phenoxy) is 1. The van der Waals surface area contributed by atoms with E-state index in [-0.39, 0.29) is 5.78 Å². The molecule has 3 heteroatoms. The normalized spacial score (nSPS) is 10.7. The van der Waals surface area contributed by atoms with E-state index >= 15 is 0 Å². The van der Waals surface area contributed by atoms with Gasteiger partial charge in [-0.2, -0.15) is 0 Å². The van der Waals surface area contributed by atoms with E-state index in [1.165, 1.54) is 64.7 Å². The maximum atomic E-state index is 12.5. The van der Waals surface area contributed by atoms with Gasteiger partial charge >= 0.3 is 5.97 Å². The summed E-state index contributed by atoms with van der Waals surface area (Å²) in [5.41, 5.74) is 1.54. The zero-order valence-corrected chi connectivity index (χ0v) is 16.9. The fraction of sp³-hybridized carbons (Fsp3) is 0.652. The maximum Gasteiger partial charge on any atom is 0.308 e. The number of ketones is 1. The van der Waals surface area contributed by atoms with E-state index in [2.05, 4.69) is 6.92 Å². The zero-order chi connectivity index (χ0) is 19.2. The minimum Gasteiger partial charge on any atom is -0.426 e. The van der Waals surface area contributed by atoms with Crippen LogP contribution in [0.4, 0.5) is 0 Å². The molecule has 1 aromatic carbocycles. The molecule has 0 aliphatic heterocycles. The van der Waals surface area contributed by atoms with Crippen LogP contribution in [0.3, 0.4) is 0 Å². The Balaban J connectivity index is 2.21. The van der Waals surface area contributed by atoms with E-state index in [9.17, 15) is 9.59 Å². The predicted octanol–water partition coefficient (Wildman–Crippen LogP) is 6.80. The average Bonchev–Trinajstić information content (AvgIpc) is 2.60. The Hall–Kier alpha value is -1.64. The summed E-state index contributed by atoms with van der Waals surface area (Å²) in [5.74, 6) is 0.0645. The van der Waals surface area contributed by atoms with Gasteiger partial charge in [0.25, 0.3) is 0 Å². The predicted molar refractivity (Wildman–Crippen MR) is 108 cm³/mol. The van der Waals surface area contributed by atoms with Crippen molar-refractivity contribution in [2.45, 2.75) is 97.8 Å². The standard InChI is InChI=1S/C23H36O3/c1-4-5-6-7-8-9-10-11-12-13-14-15-22(25)21-18-19(2)16-17-23(21)26-20(3)24/h16-18H,4-15H2,1-3H3. The van der Waals surface area contributed by atoms with Crippen molar-refractivity contribution >= 4 is 11.8 Å². The first-order valence-corrected chi connectivity index (χ1v) is 10.4. The molecule has 0 unspecified atom stereocenters. The Kier molecular flexibility index (Phi) is 11.7. The third kappa shape index (κ3) is 9.74. The van der Waals surface area contributed by atoms with E-state index in [0.717, 1.165) is 18.4 Å². The van der Waals surface area contributed by atoms with Crippen molar-refractivity contribution in [3.63, 3.8) is 0 Å². The van der Waals surface area contributed by atoms with Crippen LogP contribution < -0.4 is 4.74 Å². The lowest BCUT2D eigenvalue weighted by molar-refractivity contribution is -0.131. The van der Waals surface area contributed by atoms with E-state index in [0.29, 0.717) is 17.7 Å². The SMILES string of the molecule is CCCCCCCCCCCCCC(=O)c1cc(C)ccc1OC(C)=O. The first-order valence-electron chi connectivity index (χ1n) is 10.4. The molecule has 0 N–H and O–H groups in total. The average molecular weight is 361 g/mol. The lowest BCUT2D eigenvalue weighted by Crippen LogP contribution is -2.08. The van der Waals surface area contributed by atoms with Gasteiger partial charge in [0.2, 0.25) is 0 Å². The molecule has 0 aliphatic carbocycles. The molecule has 0 amide bonds. The third-order valence-electron chi connectivity index (χ3n) is 4.70. The highest BCUT2D eigenvalue weighted by Crippen LogP contribution is 2.23. The summed E-state index contributed by atoms with van der Waals surface area (Å²) < 4.78 is 5.17. The molecule has 1 rings (SSSR count). The number of Topliss-reactive ketones (excluding diaryl/α,β-unsaturated/α-hetero) is 1. The van der Waals surface area contributed by atoms with Gasteiger partial charge in [0, 0.05) is 13.3 Å². The molecule has 0 aromatic heterocycles. The minimum atomic E-state index is -0.391. The number of hydrogen-bond acceptors (Lipinski definition) is 3. The third-order valence-corrected chi connectivity index (χ3v) is 4.70. The molecular formula is C23H36O3. The number of esters is 1. The second-order valence-electron chi connectivity index (χ2n) is 7.30. The first kappa shape index (κ1) is 22.4. The van der Waals surface area contributed by atoms with Gasteiger partial charge in [-0.05, 0) is 25.5 Å². The molecule has 0 fully saturated rings. The first-order chi connectivity index (χ1) is 12.5. The fourth-order valence-electron chi connectivity index (χ4n) is 3.19. The topological polar surface area (TPSA) is 43.4 Å². The molecule has 0 radical (unpaired) electrons. The highest BCUT2D eigenvalue weighted by Gasteiger charge is 2.14. The van der Waals surface area contributed by atoms with Crippen LogP contribution in [0.5, 0.6) is 5.75 Å². The van der Waals surface area contributed by atoms with E-state index < -0.39 is 5.97 Å². The van der Waals surface area contributed by atoms with E-state index in [4.69, 9.17) is 4.74 Å². The number of hydrogen-bond donors (Lipinski definition) is 0. The van der Waals surface area contributed by atoms with Crippen LogP contribution in [0.1, 0.15) is 107 Å². The molecule has 146 valence electrons. The highest BCUT2D eigenvalue weighted by molar-refractivity contribution is 5.99. The largest absolute Gasteiger partial charge is 0.426 e. The number of aryl methyl sites for hydroxylation is 1. The Morgan fingerprint density at radius 1 is 0.846 bits per heavy atom. The van der Waals surface area contributed by atoms with Gasteiger partial charge in [-0.25, -0.2) is 0 Å². The summed E-state index contributed by atoms with van der Waals surface area (Å²) in [6, 6.07) is 5.39.